The van der Waals surface area contributed by atoms with E-state index < -0.39 is 5.91 Å². The molecule has 1 aliphatic heterocycles. The first-order chi connectivity index (χ1) is 7.69. The number of carbonyl (C=O) groups excluding carboxylic acids is 2. The number of halogens is 1. The van der Waals surface area contributed by atoms with E-state index in [9.17, 15) is 9.59 Å². The first-order valence-corrected chi connectivity index (χ1v) is 6.36. The first-order valence-electron chi connectivity index (χ1n) is 5.24. The predicted octanol–water partition coefficient (Wildman–Crippen LogP) is 2.17. The van der Waals surface area contributed by atoms with Gasteiger partial charge in [-0.3, -0.25) is 9.59 Å². The molecule has 0 bridgehead atoms. The van der Waals surface area contributed by atoms with Gasteiger partial charge in [-0.25, -0.2) is 0 Å². The Morgan fingerprint density at radius 1 is 1.31 bits per heavy atom. The van der Waals surface area contributed by atoms with Gasteiger partial charge >= 0.3 is 0 Å². The minimum atomic E-state index is -0.414. The molecule has 0 aromatic heterocycles. The Hall–Kier alpha value is -1.16. The number of Topliss-reactive ketones (excluding diaryl/α,β-unsaturated/α-hetero) is 1. The van der Waals surface area contributed by atoms with Crippen LogP contribution in [0.4, 0.5) is 5.69 Å². The first kappa shape index (κ1) is 11.3. The Morgan fingerprint density at radius 3 is 2.69 bits per heavy atom. The van der Waals surface area contributed by atoms with Gasteiger partial charge in [0.25, 0.3) is 11.7 Å². The predicted molar refractivity (Wildman–Crippen MR) is 66.3 cm³/mol. The molecule has 0 aliphatic carbocycles. The zero-order chi connectivity index (χ0) is 11.7. The molecular formula is C12H12BrNO2. The molecule has 1 aromatic carbocycles. The third-order valence-corrected chi connectivity index (χ3v) is 3.11. The van der Waals surface area contributed by atoms with E-state index >= 15 is 0 Å². The smallest absolute Gasteiger partial charge is 0.299 e. The lowest BCUT2D eigenvalue weighted by molar-refractivity contribution is -0.114. The molecule has 16 heavy (non-hydrogen) atoms. The Kier molecular flexibility index (Phi) is 3.10. The number of hydrogen-bond acceptors (Lipinski definition) is 2. The second-order valence-corrected chi connectivity index (χ2v) is 4.47. The Morgan fingerprint density at radius 2 is 2.06 bits per heavy atom. The van der Waals surface area contributed by atoms with Gasteiger partial charge < -0.3 is 4.90 Å². The van der Waals surface area contributed by atoms with Crippen LogP contribution in [0.2, 0.25) is 0 Å². The van der Waals surface area contributed by atoms with E-state index in [0.717, 1.165) is 17.7 Å². The molecule has 0 atom stereocenters. The van der Waals surface area contributed by atoms with Crippen LogP contribution in [-0.2, 0) is 11.2 Å². The topological polar surface area (TPSA) is 37.4 Å². The van der Waals surface area contributed by atoms with Crippen LogP contribution in [0.5, 0.6) is 0 Å². The van der Waals surface area contributed by atoms with Gasteiger partial charge in [-0.1, -0.05) is 28.9 Å². The summed E-state index contributed by atoms with van der Waals surface area (Å²) in [6, 6.07) is 5.65. The second-order valence-electron chi connectivity index (χ2n) is 3.68. The number of hydrogen-bond donors (Lipinski definition) is 0. The van der Waals surface area contributed by atoms with Crippen molar-refractivity contribution in [2.24, 2.45) is 0 Å². The zero-order valence-corrected chi connectivity index (χ0v) is 10.6. The minimum absolute atomic E-state index is 0.383. The van der Waals surface area contributed by atoms with Crippen molar-refractivity contribution in [2.75, 3.05) is 16.8 Å². The lowest BCUT2D eigenvalue weighted by Gasteiger charge is -2.14. The molecule has 2 rings (SSSR count). The van der Waals surface area contributed by atoms with E-state index in [4.69, 9.17) is 0 Å². The molecule has 1 amide bonds. The monoisotopic (exact) mass is 281 g/mol. The standard InChI is InChI=1S/C12H12BrNO2/c1-2-8-3-4-10-9(7-8)11(15)12(16)14(10)6-5-13/h3-4,7H,2,5-6H2,1H3. The quantitative estimate of drug-likeness (QED) is 0.629. The van der Waals surface area contributed by atoms with Crippen LogP contribution in [0, 0.1) is 0 Å². The van der Waals surface area contributed by atoms with Gasteiger partial charge in [0.15, 0.2) is 0 Å². The summed E-state index contributed by atoms with van der Waals surface area (Å²) >= 11 is 3.28. The summed E-state index contributed by atoms with van der Waals surface area (Å²) in [5, 5.41) is 0.668. The van der Waals surface area contributed by atoms with Crippen LogP contribution in [-0.4, -0.2) is 23.6 Å². The molecule has 0 unspecified atom stereocenters. The lowest BCUT2D eigenvalue weighted by Crippen LogP contribution is -2.31. The van der Waals surface area contributed by atoms with E-state index in [1.54, 1.807) is 0 Å². The van der Waals surface area contributed by atoms with Crippen molar-refractivity contribution in [1.82, 2.24) is 0 Å². The highest BCUT2D eigenvalue weighted by Gasteiger charge is 2.35. The molecule has 0 spiro atoms. The molecule has 0 N–H and O–H groups in total. The van der Waals surface area contributed by atoms with Crippen molar-refractivity contribution in [3.05, 3.63) is 29.3 Å². The number of ketones is 1. The van der Waals surface area contributed by atoms with Gasteiger partial charge in [-0.15, -0.1) is 0 Å². The van der Waals surface area contributed by atoms with Crippen LogP contribution < -0.4 is 4.90 Å². The normalized spacial score (nSPS) is 14.5. The number of alkyl halides is 1. The fourth-order valence-electron chi connectivity index (χ4n) is 1.87. The Bertz CT molecular complexity index is 456. The van der Waals surface area contributed by atoms with Crippen LogP contribution in [0.3, 0.4) is 0 Å². The Balaban J connectivity index is 2.47. The minimum Gasteiger partial charge on any atom is -0.304 e. The summed E-state index contributed by atoms with van der Waals surface area (Å²) in [6.45, 7) is 2.56. The molecule has 1 heterocycles. The van der Waals surface area contributed by atoms with E-state index in [1.807, 2.05) is 25.1 Å². The molecular weight excluding hydrogens is 270 g/mol. The summed E-state index contributed by atoms with van der Waals surface area (Å²) in [7, 11) is 0. The summed E-state index contributed by atoms with van der Waals surface area (Å²) in [5.41, 5.74) is 2.37. The van der Waals surface area contributed by atoms with Crippen LogP contribution in [0.1, 0.15) is 22.8 Å². The number of nitrogens with zero attached hydrogens (tertiary/aromatic N) is 1. The fraction of sp³-hybridized carbons (Fsp3) is 0.333. The van der Waals surface area contributed by atoms with Gasteiger partial charge in [0.2, 0.25) is 0 Å². The third-order valence-electron chi connectivity index (χ3n) is 2.75. The van der Waals surface area contributed by atoms with Crippen LogP contribution in [0.25, 0.3) is 0 Å². The molecule has 0 radical (unpaired) electrons. The molecule has 0 fully saturated rings. The summed E-state index contributed by atoms with van der Waals surface area (Å²) in [4.78, 5) is 25.0. The lowest BCUT2D eigenvalue weighted by atomic mass is 10.1. The summed E-state index contributed by atoms with van der Waals surface area (Å²) in [5.74, 6) is -0.797. The average molecular weight is 282 g/mol. The maximum Gasteiger partial charge on any atom is 0.299 e. The number of anilines is 1. The summed E-state index contributed by atoms with van der Waals surface area (Å²) in [6.07, 6.45) is 0.868. The highest BCUT2D eigenvalue weighted by Crippen LogP contribution is 2.29. The third kappa shape index (κ3) is 1.67. The SMILES string of the molecule is CCc1ccc2c(c1)C(=O)C(=O)N2CCBr. The van der Waals surface area contributed by atoms with Gasteiger partial charge in [0.1, 0.15) is 0 Å². The van der Waals surface area contributed by atoms with E-state index in [0.29, 0.717) is 17.4 Å². The molecule has 84 valence electrons. The molecule has 0 saturated heterocycles. The van der Waals surface area contributed by atoms with Crippen molar-refractivity contribution < 1.29 is 9.59 Å². The average Bonchev–Trinajstić information content (AvgIpc) is 2.54. The van der Waals surface area contributed by atoms with E-state index in [-0.39, 0.29) is 5.78 Å². The highest BCUT2D eigenvalue weighted by atomic mass is 79.9. The van der Waals surface area contributed by atoms with Crippen molar-refractivity contribution in [2.45, 2.75) is 13.3 Å². The number of rotatable bonds is 3. The number of benzene rings is 1. The number of amides is 1. The highest BCUT2D eigenvalue weighted by molar-refractivity contribution is 9.09. The molecule has 3 nitrogen and oxygen atoms in total. The van der Waals surface area contributed by atoms with E-state index in [2.05, 4.69) is 15.9 Å². The van der Waals surface area contributed by atoms with Gasteiger partial charge in [-0.05, 0) is 24.1 Å². The maximum atomic E-state index is 11.7. The number of aryl methyl sites for hydroxylation is 1. The van der Waals surface area contributed by atoms with Crippen molar-refractivity contribution in [3.8, 4) is 0 Å². The van der Waals surface area contributed by atoms with Crippen LogP contribution >= 0.6 is 15.9 Å². The second kappa shape index (κ2) is 4.37. The van der Waals surface area contributed by atoms with Gasteiger partial charge in [0.05, 0.1) is 11.3 Å². The largest absolute Gasteiger partial charge is 0.304 e. The Labute approximate surface area is 103 Å². The van der Waals surface area contributed by atoms with Gasteiger partial charge in [0, 0.05) is 11.9 Å². The summed E-state index contributed by atoms with van der Waals surface area (Å²) < 4.78 is 0. The molecule has 0 saturated carbocycles. The molecule has 1 aromatic rings. The van der Waals surface area contributed by atoms with Crippen LogP contribution in [0.15, 0.2) is 18.2 Å². The fourth-order valence-corrected chi connectivity index (χ4v) is 2.23. The zero-order valence-electron chi connectivity index (χ0n) is 9.00. The maximum absolute atomic E-state index is 11.7. The van der Waals surface area contributed by atoms with Crippen molar-refractivity contribution in [1.29, 1.82) is 0 Å². The van der Waals surface area contributed by atoms with Crippen molar-refractivity contribution in [3.63, 3.8) is 0 Å². The van der Waals surface area contributed by atoms with E-state index in [1.165, 1.54) is 4.90 Å². The van der Waals surface area contributed by atoms with Crippen molar-refractivity contribution >= 4 is 33.3 Å². The molecule has 4 heteroatoms. The van der Waals surface area contributed by atoms with Gasteiger partial charge in [-0.2, -0.15) is 0 Å². The number of fused-ring (bicyclic) bond motifs is 1. The molecule has 1 aliphatic rings. The number of carbonyl (C=O) groups is 2.